The van der Waals surface area contributed by atoms with Crippen LogP contribution in [0, 0.1) is 5.82 Å². The molecule has 0 bridgehead atoms. The minimum Gasteiger partial charge on any atom is -0.301 e. The van der Waals surface area contributed by atoms with Gasteiger partial charge in [-0.15, -0.1) is 0 Å². The Bertz CT molecular complexity index is 416. The van der Waals surface area contributed by atoms with E-state index in [1.165, 1.54) is 6.07 Å². The standard InChI is InChI=1S/C14H19BrClFN2/c15-4-7-18-5-1-6-19(9-8-18)11-12-10-13(17)2-3-14(12)16/h2-3,10H,1,4-9,11H2. The molecule has 2 rings (SSSR count). The lowest BCUT2D eigenvalue weighted by molar-refractivity contribution is 0.258. The van der Waals surface area contributed by atoms with E-state index in [0.29, 0.717) is 5.02 Å². The van der Waals surface area contributed by atoms with Crippen LogP contribution in [0.2, 0.25) is 5.02 Å². The number of nitrogens with zero attached hydrogens (tertiary/aromatic N) is 2. The lowest BCUT2D eigenvalue weighted by Crippen LogP contribution is -2.31. The maximum Gasteiger partial charge on any atom is 0.123 e. The molecule has 0 unspecified atom stereocenters. The van der Waals surface area contributed by atoms with E-state index in [1.807, 2.05) is 0 Å². The van der Waals surface area contributed by atoms with Crippen molar-refractivity contribution in [3.8, 4) is 0 Å². The van der Waals surface area contributed by atoms with Crippen LogP contribution in [0.1, 0.15) is 12.0 Å². The van der Waals surface area contributed by atoms with Crippen molar-refractivity contribution in [1.29, 1.82) is 0 Å². The summed E-state index contributed by atoms with van der Waals surface area (Å²) in [5.74, 6) is -0.213. The van der Waals surface area contributed by atoms with E-state index in [0.717, 1.165) is 56.6 Å². The van der Waals surface area contributed by atoms with Gasteiger partial charge in [0.15, 0.2) is 0 Å². The van der Waals surface area contributed by atoms with Crippen LogP contribution in [-0.2, 0) is 6.54 Å². The van der Waals surface area contributed by atoms with Crippen LogP contribution < -0.4 is 0 Å². The maximum absolute atomic E-state index is 13.3. The van der Waals surface area contributed by atoms with Crippen molar-refractivity contribution < 1.29 is 4.39 Å². The number of rotatable bonds is 4. The van der Waals surface area contributed by atoms with E-state index in [9.17, 15) is 4.39 Å². The summed E-state index contributed by atoms with van der Waals surface area (Å²) in [6.07, 6.45) is 1.15. The summed E-state index contributed by atoms with van der Waals surface area (Å²) in [6, 6.07) is 4.59. The Kier molecular flexibility index (Phi) is 6.07. The molecule has 0 saturated carbocycles. The van der Waals surface area contributed by atoms with E-state index in [4.69, 9.17) is 11.6 Å². The molecule has 2 nitrogen and oxygen atoms in total. The molecule has 0 N–H and O–H groups in total. The van der Waals surface area contributed by atoms with Gasteiger partial charge in [-0.3, -0.25) is 4.90 Å². The third-order valence-electron chi connectivity index (χ3n) is 3.48. The predicted octanol–water partition coefficient (Wildman–Crippen LogP) is 3.38. The van der Waals surface area contributed by atoms with Gasteiger partial charge in [-0.05, 0) is 43.3 Å². The van der Waals surface area contributed by atoms with E-state index in [1.54, 1.807) is 12.1 Å². The van der Waals surface area contributed by atoms with Crippen LogP contribution in [0.5, 0.6) is 0 Å². The summed E-state index contributed by atoms with van der Waals surface area (Å²) >= 11 is 9.61. The van der Waals surface area contributed by atoms with E-state index < -0.39 is 0 Å². The molecule has 19 heavy (non-hydrogen) atoms. The first-order chi connectivity index (χ1) is 9.19. The predicted molar refractivity (Wildman–Crippen MR) is 81.5 cm³/mol. The molecule has 1 aliphatic heterocycles. The number of hydrogen-bond donors (Lipinski definition) is 0. The molecule has 106 valence electrons. The topological polar surface area (TPSA) is 6.48 Å². The number of benzene rings is 1. The monoisotopic (exact) mass is 348 g/mol. The first-order valence-corrected chi connectivity index (χ1v) is 8.13. The molecular weight excluding hydrogens is 331 g/mol. The van der Waals surface area contributed by atoms with Crippen LogP contribution in [-0.4, -0.2) is 47.9 Å². The molecule has 1 aromatic rings. The lowest BCUT2D eigenvalue weighted by Gasteiger charge is -2.21. The van der Waals surface area contributed by atoms with Crippen LogP contribution in [0.3, 0.4) is 0 Å². The average Bonchev–Trinajstić information content (AvgIpc) is 2.60. The van der Waals surface area contributed by atoms with Crippen LogP contribution in [0.25, 0.3) is 0 Å². The summed E-state index contributed by atoms with van der Waals surface area (Å²) in [4.78, 5) is 4.82. The first kappa shape index (κ1) is 15.2. The van der Waals surface area contributed by atoms with Crippen molar-refractivity contribution in [2.24, 2.45) is 0 Å². The normalized spacial score (nSPS) is 18.5. The third kappa shape index (κ3) is 4.71. The van der Waals surface area contributed by atoms with Crippen molar-refractivity contribution in [3.05, 3.63) is 34.6 Å². The van der Waals surface area contributed by atoms with Crippen LogP contribution in [0.4, 0.5) is 4.39 Å². The molecule has 0 amide bonds. The highest BCUT2D eigenvalue weighted by atomic mass is 79.9. The van der Waals surface area contributed by atoms with Gasteiger partial charge in [0.05, 0.1) is 0 Å². The minimum atomic E-state index is -0.213. The van der Waals surface area contributed by atoms with Gasteiger partial charge in [-0.1, -0.05) is 27.5 Å². The molecule has 1 aliphatic rings. The fourth-order valence-electron chi connectivity index (χ4n) is 2.43. The van der Waals surface area contributed by atoms with E-state index >= 15 is 0 Å². The van der Waals surface area contributed by atoms with E-state index in [-0.39, 0.29) is 5.82 Å². The van der Waals surface area contributed by atoms with E-state index in [2.05, 4.69) is 25.7 Å². The second kappa shape index (κ2) is 7.58. The second-order valence-corrected chi connectivity index (χ2v) is 6.10. The molecule has 0 atom stereocenters. The van der Waals surface area contributed by atoms with Gasteiger partial charge in [0.2, 0.25) is 0 Å². The summed E-state index contributed by atoms with van der Waals surface area (Å²) in [7, 11) is 0. The van der Waals surface area contributed by atoms with Gasteiger partial charge < -0.3 is 4.90 Å². The highest BCUT2D eigenvalue weighted by Crippen LogP contribution is 2.19. The average molecular weight is 350 g/mol. The Hall–Kier alpha value is -0.160. The lowest BCUT2D eigenvalue weighted by atomic mass is 10.2. The second-order valence-electron chi connectivity index (χ2n) is 4.90. The Balaban J connectivity index is 1.94. The van der Waals surface area contributed by atoms with Gasteiger partial charge >= 0.3 is 0 Å². The van der Waals surface area contributed by atoms with Crippen LogP contribution >= 0.6 is 27.5 Å². The van der Waals surface area contributed by atoms with Crippen molar-refractivity contribution >= 4 is 27.5 Å². The third-order valence-corrected chi connectivity index (χ3v) is 4.21. The highest BCUT2D eigenvalue weighted by Gasteiger charge is 2.15. The molecule has 1 fully saturated rings. The Morgan fingerprint density at radius 1 is 1.16 bits per heavy atom. The van der Waals surface area contributed by atoms with Gasteiger partial charge in [0.1, 0.15) is 5.82 Å². The Morgan fingerprint density at radius 3 is 2.68 bits per heavy atom. The number of alkyl halides is 1. The minimum absolute atomic E-state index is 0.213. The molecular formula is C14H19BrClFN2. The molecule has 1 heterocycles. The molecule has 1 aromatic carbocycles. The Morgan fingerprint density at radius 2 is 1.89 bits per heavy atom. The highest BCUT2D eigenvalue weighted by molar-refractivity contribution is 9.09. The fraction of sp³-hybridized carbons (Fsp3) is 0.571. The summed E-state index contributed by atoms with van der Waals surface area (Å²) in [5, 5.41) is 1.67. The molecule has 0 aromatic heterocycles. The zero-order valence-electron chi connectivity index (χ0n) is 10.9. The SMILES string of the molecule is Fc1ccc(Cl)c(CN2CCCN(CCBr)CC2)c1. The molecule has 1 saturated heterocycles. The largest absolute Gasteiger partial charge is 0.301 e. The number of hydrogen-bond acceptors (Lipinski definition) is 2. The Labute approximate surface area is 127 Å². The smallest absolute Gasteiger partial charge is 0.123 e. The maximum atomic E-state index is 13.3. The molecule has 0 aliphatic carbocycles. The fourth-order valence-corrected chi connectivity index (χ4v) is 3.11. The number of halogens is 3. The zero-order valence-corrected chi connectivity index (χ0v) is 13.3. The van der Waals surface area contributed by atoms with Gasteiger partial charge in [-0.25, -0.2) is 4.39 Å². The molecule has 0 spiro atoms. The van der Waals surface area contributed by atoms with Crippen molar-refractivity contribution in [2.45, 2.75) is 13.0 Å². The summed E-state index contributed by atoms with van der Waals surface area (Å²) in [5.41, 5.74) is 0.885. The van der Waals surface area contributed by atoms with Gasteiger partial charge in [-0.2, -0.15) is 0 Å². The van der Waals surface area contributed by atoms with Crippen molar-refractivity contribution in [3.63, 3.8) is 0 Å². The summed E-state index contributed by atoms with van der Waals surface area (Å²) in [6.45, 7) is 6.09. The van der Waals surface area contributed by atoms with Crippen LogP contribution in [0.15, 0.2) is 18.2 Å². The van der Waals surface area contributed by atoms with Gasteiger partial charge in [0.25, 0.3) is 0 Å². The van der Waals surface area contributed by atoms with Crippen molar-refractivity contribution in [1.82, 2.24) is 9.80 Å². The quantitative estimate of drug-likeness (QED) is 0.769. The summed E-state index contributed by atoms with van der Waals surface area (Å²) < 4.78 is 13.3. The van der Waals surface area contributed by atoms with Gasteiger partial charge in [0, 0.05) is 36.5 Å². The van der Waals surface area contributed by atoms with Crippen molar-refractivity contribution in [2.75, 3.05) is 38.1 Å². The zero-order chi connectivity index (χ0) is 13.7. The first-order valence-electron chi connectivity index (χ1n) is 6.63. The molecule has 0 radical (unpaired) electrons. The molecule has 5 heteroatoms.